The molecule has 1 fully saturated rings. The summed E-state index contributed by atoms with van der Waals surface area (Å²) in [6.07, 6.45) is 0.834. The van der Waals surface area contributed by atoms with Crippen molar-refractivity contribution in [2.24, 2.45) is 0 Å². The van der Waals surface area contributed by atoms with Crippen LogP contribution in [0.15, 0.2) is 24.3 Å². The van der Waals surface area contributed by atoms with Crippen LogP contribution < -0.4 is 5.32 Å². The number of carboxylic acids is 1. The molecule has 0 bridgehead atoms. The van der Waals surface area contributed by atoms with Gasteiger partial charge in [0, 0.05) is 6.61 Å². The zero-order chi connectivity index (χ0) is 12.3. The standard InChI is InChI=1S/C13H17NO3/c1-10-5-2-3-6-11(10)13(12(15)16)9-17-8-4-7-14-13/h2-3,5-6,14H,4,7-9H2,1H3,(H,15,16). The fraction of sp³-hybridized carbons (Fsp3) is 0.462. The lowest BCUT2D eigenvalue weighted by molar-refractivity contribution is -0.147. The third-order valence-electron chi connectivity index (χ3n) is 3.18. The molecule has 1 saturated heterocycles. The van der Waals surface area contributed by atoms with E-state index in [4.69, 9.17) is 4.74 Å². The van der Waals surface area contributed by atoms with Crippen molar-refractivity contribution >= 4 is 5.97 Å². The molecule has 1 aromatic rings. The van der Waals surface area contributed by atoms with E-state index < -0.39 is 11.5 Å². The maximum atomic E-state index is 11.6. The van der Waals surface area contributed by atoms with Crippen molar-refractivity contribution in [3.63, 3.8) is 0 Å². The average molecular weight is 235 g/mol. The molecule has 0 aromatic heterocycles. The second-order valence-corrected chi connectivity index (χ2v) is 4.36. The summed E-state index contributed by atoms with van der Waals surface area (Å²) in [5.41, 5.74) is 0.643. The van der Waals surface area contributed by atoms with Crippen molar-refractivity contribution in [3.8, 4) is 0 Å². The zero-order valence-electron chi connectivity index (χ0n) is 9.90. The Morgan fingerprint density at radius 3 is 2.94 bits per heavy atom. The van der Waals surface area contributed by atoms with Gasteiger partial charge in [0.1, 0.15) is 0 Å². The van der Waals surface area contributed by atoms with E-state index in [1.165, 1.54) is 0 Å². The fourth-order valence-corrected chi connectivity index (χ4v) is 2.23. The van der Waals surface area contributed by atoms with Gasteiger partial charge < -0.3 is 9.84 Å². The van der Waals surface area contributed by atoms with Crippen LogP contribution in [0, 0.1) is 6.92 Å². The summed E-state index contributed by atoms with van der Waals surface area (Å²) in [6.45, 7) is 3.36. The number of aliphatic carboxylic acids is 1. The first kappa shape index (κ1) is 12.1. The average Bonchev–Trinajstić information content (AvgIpc) is 2.56. The number of ether oxygens (including phenoxy) is 1. The van der Waals surface area contributed by atoms with Gasteiger partial charge in [-0.1, -0.05) is 24.3 Å². The number of carboxylic acid groups (broad SMARTS) is 1. The number of hydrogen-bond donors (Lipinski definition) is 2. The zero-order valence-corrected chi connectivity index (χ0v) is 9.90. The Hall–Kier alpha value is -1.39. The van der Waals surface area contributed by atoms with Crippen LogP contribution in [0.2, 0.25) is 0 Å². The third kappa shape index (κ3) is 2.18. The maximum absolute atomic E-state index is 11.6. The van der Waals surface area contributed by atoms with Gasteiger partial charge in [-0.3, -0.25) is 5.32 Å². The predicted molar refractivity (Wildman–Crippen MR) is 63.9 cm³/mol. The first-order chi connectivity index (χ1) is 8.17. The van der Waals surface area contributed by atoms with Gasteiger partial charge in [-0.15, -0.1) is 0 Å². The molecule has 2 rings (SSSR count). The fourth-order valence-electron chi connectivity index (χ4n) is 2.23. The Labute approximate surface area is 101 Å². The minimum absolute atomic E-state index is 0.174. The highest BCUT2D eigenvalue weighted by molar-refractivity contribution is 5.81. The van der Waals surface area contributed by atoms with Crippen molar-refractivity contribution in [2.45, 2.75) is 18.9 Å². The molecule has 0 radical (unpaired) electrons. The van der Waals surface area contributed by atoms with E-state index in [2.05, 4.69) is 5.32 Å². The van der Waals surface area contributed by atoms with Crippen LogP contribution in [-0.4, -0.2) is 30.8 Å². The van der Waals surface area contributed by atoms with Gasteiger partial charge in [0.15, 0.2) is 5.54 Å². The molecule has 0 amide bonds. The summed E-state index contributed by atoms with van der Waals surface area (Å²) in [7, 11) is 0. The number of hydrogen-bond acceptors (Lipinski definition) is 3. The van der Waals surface area contributed by atoms with Crippen LogP contribution in [0.3, 0.4) is 0 Å². The van der Waals surface area contributed by atoms with Gasteiger partial charge in [0.2, 0.25) is 0 Å². The second kappa shape index (κ2) is 4.85. The molecule has 1 atom stereocenters. The topological polar surface area (TPSA) is 58.6 Å². The van der Waals surface area contributed by atoms with Crippen molar-refractivity contribution in [3.05, 3.63) is 35.4 Å². The Bertz CT molecular complexity index is 409. The lowest BCUT2D eigenvalue weighted by Crippen LogP contribution is -2.52. The van der Waals surface area contributed by atoms with Crippen molar-refractivity contribution in [1.82, 2.24) is 5.32 Å². The minimum Gasteiger partial charge on any atom is -0.480 e. The van der Waals surface area contributed by atoms with Gasteiger partial charge in [-0.05, 0) is 31.0 Å². The van der Waals surface area contributed by atoms with Crippen LogP contribution in [0.25, 0.3) is 0 Å². The lowest BCUT2D eigenvalue weighted by Gasteiger charge is -2.30. The summed E-state index contributed by atoms with van der Waals surface area (Å²) < 4.78 is 5.44. The third-order valence-corrected chi connectivity index (χ3v) is 3.18. The highest BCUT2D eigenvalue weighted by Crippen LogP contribution is 2.26. The molecule has 92 valence electrons. The normalized spacial score (nSPS) is 25.2. The second-order valence-electron chi connectivity index (χ2n) is 4.36. The van der Waals surface area contributed by atoms with Crippen molar-refractivity contribution in [2.75, 3.05) is 19.8 Å². The number of aryl methyl sites for hydroxylation is 1. The Balaban J connectivity index is 2.46. The van der Waals surface area contributed by atoms with Crippen molar-refractivity contribution in [1.29, 1.82) is 0 Å². The van der Waals surface area contributed by atoms with E-state index >= 15 is 0 Å². The molecule has 1 unspecified atom stereocenters. The molecule has 1 aliphatic rings. The Morgan fingerprint density at radius 2 is 2.24 bits per heavy atom. The molecule has 2 N–H and O–H groups in total. The lowest BCUT2D eigenvalue weighted by atomic mass is 9.87. The van der Waals surface area contributed by atoms with Crippen molar-refractivity contribution < 1.29 is 14.6 Å². The molecule has 4 heteroatoms. The largest absolute Gasteiger partial charge is 0.480 e. The van der Waals surface area contributed by atoms with Gasteiger partial charge >= 0.3 is 5.97 Å². The van der Waals surface area contributed by atoms with E-state index in [1.54, 1.807) is 0 Å². The van der Waals surface area contributed by atoms with Gasteiger partial charge in [-0.2, -0.15) is 0 Å². The molecule has 17 heavy (non-hydrogen) atoms. The number of carbonyl (C=O) groups is 1. The Morgan fingerprint density at radius 1 is 1.47 bits per heavy atom. The molecule has 4 nitrogen and oxygen atoms in total. The van der Waals surface area contributed by atoms with Gasteiger partial charge in [0.05, 0.1) is 6.61 Å². The van der Waals surface area contributed by atoms with Crippen LogP contribution >= 0.6 is 0 Å². The quantitative estimate of drug-likeness (QED) is 0.811. The molecule has 0 aliphatic carbocycles. The molecule has 1 aliphatic heterocycles. The van der Waals surface area contributed by atoms with E-state index in [0.717, 1.165) is 17.5 Å². The molecule has 0 spiro atoms. The minimum atomic E-state index is -1.11. The monoisotopic (exact) mass is 235 g/mol. The predicted octanol–water partition coefficient (Wildman–Crippen LogP) is 1.28. The summed E-state index contributed by atoms with van der Waals surface area (Å²) in [5.74, 6) is -0.881. The first-order valence-corrected chi connectivity index (χ1v) is 5.79. The van der Waals surface area contributed by atoms with Crippen LogP contribution in [0.4, 0.5) is 0 Å². The van der Waals surface area contributed by atoms with Crippen LogP contribution in [0.1, 0.15) is 17.5 Å². The summed E-state index contributed by atoms with van der Waals surface area (Å²) in [6, 6.07) is 7.54. The number of rotatable bonds is 2. The molecular weight excluding hydrogens is 218 g/mol. The number of nitrogens with one attached hydrogen (secondary N) is 1. The molecule has 1 aromatic carbocycles. The summed E-state index contributed by atoms with van der Waals surface area (Å²) >= 11 is 0. The highest BCUT2D eigenvalue weighted by Gasteiger charge is 2.42. The molecule has 0 saturated carbocycles. The van der Waals surface area contributed by atoms with E-state index in [0.29, 0.717) is 13.2 Å². The maximum Gasteiger partial charge on any atom is 0.331 e. The number of benzene rings is 1. The van der Waals surface area contributed by atoms with Crippen LogP contribution in [0.5, 0.6) is 0 Å². The molecular formula is C13H17NO3. The Kier molecular flexibility index (Phi) is 3.45. The van der Waals surface area contributed by atoms with E-state index in [-0.39, 0.29) is 6.61 Å². The molecule has 1 heterocycles. The SMILES string of the molecule is Cc1ccccc1C1(C(=O)O)COCCCN1. The van der Waals surface area contributed by atoms with Crippen LogP contribution in [-0.2, 0) is 15.1 Å². The summed E-state index contributed by atoms with van der Waals surface area (Å²) in [5, 5.41) is 12.7. The van der Waals surface area contributed by atoms with E-state index in [1.807, 2.05) is 31.2 Å². The van der Waals surface area contributed by atoms with Gasteiger partial charge in [0.25, 0.3) is 0 Å². The van der Waals surface area contributed by atoms with Gasteiger partial charge in [-0.25, -0.2) is 4.79 Å². The highest BCUT2D eigenvalue weighted by atomic mass is 16.5. The summed E-state index contributed by atoms with van der Waals surface area (Å²) in [4.78, 5) is 11.6. The smallest absolute Gasteiger partial charge is 0.331 e. The van der Waals surface area contributed by atoms with E-state index in [9.17, 15) is 9.90 Å². The first-order valence-electron chi connectivity index (χ1n) is 5.79.